The lowest BCUT2D eigenvalue weighted by molar-refractivity contribution is -0.131. The monoisotopic (exact) mass is 204 g/mol. The fraction of sp³-hybridized carbons (Fsp3) is 0.462. The van der Waals surface area contributed by atoms with E-state index in [0.717, 1.165) is 24.0 Å². The van der Waals surface area contributed by atoms with E-state index in [4.69, 9.17) is 0 Å². The summed E-state index contributed by atoms with van der Waals surface area (Å²) in [5, 5.41) is 9.55. The van der Waals surface area contributed by atoms with E-state index in [2.05, 4.69) is 0 Å². The average Bonchev–Trinajstić information content (AvgIpc) is 2.23. The van der Waals surface area contributed by atoms with Gasteiger partial charge in [-0.05, 0) is 37.3 Å². The summed E-state index contributed by atoms with van der Waals surface area (Å²) in [7, 11) is 0. The third-order valence-corrected chi connectivity index (χ3v) is 3.21. The van der Waals surface area contributed by atoms with E-state index in [-0.39, 0.29) is 11.7 Å². The molecule has 2 unspecified atom stereocenters. The van der Waals surface area contributed by atoms with Gasteiger partial charge in [0.25, 0.3) is 0 Å². The lowest BCUT2D eigenvalue weighted by Gasteiger charge is -2.25. The van der Waals surface area contributed by atoms with Gasteiger partial charge in [-0.2, -0.15) is 0 Å². The zero-order valence-electron chi connectivity index (χ0n) is 8.94. The molecule has 2 rings (SSSR count). The summed E-state index contributed by atoms with van der Waals surface area (Å²) < 4.78 is 0. The molecule has 0 spiro atoms. The van der Waals surface area contributed by atoms with Crippen molar-refractivity contribution in [3.63, 3.8) is 0 Å². The number of ketones is 1. The highest BCUT2D eigenvalue weighted by atomic mass is 16.3. The molecular formula is C13H16O2. The topological polar surface area (TPSA) is 37.3 Å². The molecule has 2 nitrogen and oxygen atoms in total. The van der Waals surface area contributed by atoms with Crippen molar-refractivity contribution in [3.05, 3.63) is 35.4 Å². The number of rotatable bonds is 1. The van der Waals surface area contributed by atoms with Gasteiger partial charge in [-0.3, -0.25) is 4.79 Å². The second kappa shape index (κ2) is 4.15. The zero-order chi connectivity index (χ0) is 10.8. The van der Waals surface area contributed by atoms with E-state index in [1.165, 1.54) is 0 Å². The Morgan fingerprint density at radius 2 is 2.00 bits per heavy atom. The molecule has 15 heavy (non-hydrogen) atoms. The van der Waals surface area contributed by atoms with Crippen LogP contribution in [0.1, 0.15) is 36.3 Å². The minimum Gasteiger partial charge on any atom is -0.385 e. The Morgan fingerprint density at radius 1 is 1.27 bits per heavy atom. The van der Waals surface area contributed by atoms with Crippen LogP contribution in [0.15, 0.2) is 24.3 Å². The van der Waals surface area contributed by atoms with Crippen molar-refractivity contribution in [2.75, 3.05) is 0 Å². The maximum Gasteiger partial charge on any atom is 0.168 e. The van der Waals surface area contributed by atoms with Crippen LogP contribution in [0.25, 0.3) is 0 Å². The molecule has 0 saturated heterocycles. The van der Waals surface area contributed by atoms with Gasteiger partial charge in [-0.15, -0.1) is 0 Å². The first-order chi connectivity index (χ1) is 7.20. The number of aliphatic hydroxyl groups is 1. The number of carbonyl (C=O) groups excluding carboxylic acids is 1. The second-order valence-corrected chi connectivity index (χ2v) is 4.26. The first-order valence-corrected chi connectivity index (χ1v) is 5.47. The molecule has 0 aromatic heterocycles. The van der Waals surface area contributed by atoms with Crippen LogP contribution >= 0.6 is 0 Å². The van der Waals surface area contributed by atoms with Gasteiger partial charge < -0.3 is 5.11 Å². The Balaban J connectivity index is 2.30. The highest BCUT2D eigenvalue weighted by Gasteiger charge is 2.31. The van der Waals surface area contributed by atoms with E-state index in [1.54, 1.807) is 0 Å². The predicted octanol–water partition coefficient (Wildman–Crippen LogP) is 2.19. The van der Waals surface area contributed by atoms with Crippen LogP contribution in [0.3, 0.4) is 0 Å². The van der Waals surface area contributed by atoms with Crippen LogP contribution in [0, 0.1) is 6.92 Å². The van der Waals surface area contributed by atoms with Crippen molar-refractivity contribution in [3.8, 4) is 0 Å². The first-order valence-electron chi connectivity index (χ1n) is 5.47. The van der Waals surface area contributed by atoms with Gasteiger partial charge in [0.1, 0.15) is 6.10 Å². The lowest BCUT2D eigenvalue weighted by atomic mass is 9.80. The SMILES string of the molecule is Cc1ccccc1C1CCCC(O)C1=O. The van der Waals surface area contributed by atoms with Crippen LogP contribution in [0.2, 0.25) is 0 Å². The van der Waals surface area contributed by atoms with Gasteiger partial charge in [0, 0.05) is 5.92 Å². The molecule has 80 valence electrons. The van der Waals surface area contributed by atoms with E-state index in [0.29, 0.717) is 6.42 Å². The Hall–Kier alpha value is -1.15. The van der Waals surface area contributed by atoms with Gasteiger partial charge in [0.15, 0.2) is 5.78 Å². The summed E-state index contributed by atoms with van der Waals surface area (Å²) in [5.41, 5.74) is 2.23. The van der Waals surface area contributed by atoms with E-state index >= 15 is 0 Å². The maximum atomic E-state index is 11.8. The van der Waals surface area contributed by atoms with Crippen molar-refractivity contribution in [1.29, 1.82) is 0 Å². The molecule has 0 bridgehead atoms. The quantitative estimate of drug-likeness (QED) is 0.761. The largest absolute Gasteiger partial charge is 0.385 e. The molecule has 0 amide bonds. The normalized spacial score (nSPS) is 26.7. The number of hydrogen-bond donors (Lipinski definition) is 1. The van der Waals surface area contributed by atoms with Crippen molar-refractivity contribution >= 4 is 5.78 Å². The summed E-state index contributed by atoms with van der Waals surface area (Å²) in [5.74, 6) is -0.0921. The Bertz CT molecular complexity index is 371. The van der Waals surface area contributed by atoms with Gasteiger partial charge >= 0.3 is 0 Å². The number of aliphatic hydroxyl groups excluding tert-OH is 1. The van der Waals surface area contributed by atoms with E-state index in [1.807, 2.05) is 31.2 Å². The minimum atomic E-state index is -0.747. The number of aryl methyl sites for hydroxylation is 1. The third kappa shape index (κ3) is 1.95. The highest BCUT2D eigenvalue weighted by molar-refractivity contribution is 5.90. The van der Waals surface area contributed by atoms with Crippen LogP contribution in [-0.4, -0.2) is 17.0 Å². The predicted molar refractivity (Wildman–Crippen MR) is 58.8 cm³/mol. The van der Waals surface area contributed by atoms with Gasteiger partial charge in [0.2, 0.25) is 0 Å². The highest BCUT2D eigenvalue weighted by Crippen LogP contribution is 2.31. The Morgan fingerprint density at radius 3 is 2.73 bits per heavy atom. The molecule has 2 atom stereocenters. The third-order valence-electron chi connectivity index (χ3n) is 3.21. The van der Waals surface area contributed by atoms with Crippen molar-refractivity contribution < 1.29 is 9.90 Å². The summed E-state index contributed by atoms with van der Waals surface area (Å²) in [6.07, 6.45) is 1.69. The first kappa shape index (κ1) is 10.4. The smallest absolute Gasteiger partial charge is 0.168 e. The number of hydrogen-bond acceptors (Lipinski definition) is 2. The molecular weight excluding hydrogens is 188 g/mol. The molecule has 1 aromatic carbocycles. The second-order valence-electron chi connectivity index (χ2n) is 4.26. The van der Waals surface area contributed by atoms with Crippen molar-refractivity contribution in [2.24, 2.45) is 0 Å². The molecule has 2 heteroatoms. The lowest BCUT2D eigenvalue weighted by Crippen LogP contribution is -2.31. The van der Waals surface area contributed by atoms with Crippen LogP contribution < -0.4 is 0 Å². The summed E-state index contributed by atoms with van der Waals surface area (Å²) in [6, 6.07) is 7.94. The molecule has 1 fully saturated rings. The molecule has 0 radical (unpaired) electrons. The van der Waals surface area contributed by atoms with Gasteiger partial charge in [-0.1, -0.05) is 24.3 Å². The van der Waals surface area contributed by atoms with Crippen LogP contribution in [0.4, 0.5) is 0 Å². The fourth-order valence-electron chi connectivity index (χ4n) is 2.32. The molecule has 1 aliphatic carbocycles. The average molecular weight is 204 g/mol. The minimum absolute atomic E-state index is 0.00412. The fourth-order valence-corrected chi connectivity index (χ4v) is 2.32. The standard InChI is InChI=1S/C13H16O2/c1-9-5-2-3-6-10(9)11-7-4-8-12(14)13(11)15/h2-3,5-6,11-12,14H,4,7-8H2,1H3. The molecule has 0 aliphatic heterocycles. The molecule has 0 heterocycles. The zero-order valence-corrected chi connectivity index (χ0v) is 8.94. The number of Topliss-reactive ketones (excluding diaryl/α,β-unsaturated/α-hetero) is 1. The Kier molecular flexibility index (Phi) is 2.87. The van der Waals surface area contributed by atoms with E-state index in [9.17, 15) is 9.90 Å². The van der Waals surface area contributed by atoms with E-state index < -0.39 is 6.10 Å². The molecule has 1 aliphatic rings. The van der Waals surface area contributed by atoms with Gasteiger partial charge in [-0.25, -0.2) is 0 Å². The summed E-state index contributed by atoms with van der Waals surface area (Å²) >= 11 is 0. The Labute approximate surface area is 89.9 Å². The summed E-state index contributed by atoms with van der Waals surface area (Å²) in [4.78, 5) is 11.8. The summed E-state index contributed by atoms with van der Waals surface area (Å²) in [6.45, 7) is 2.02. The molecule has 1 aromatic rings. The number of benzene rings is 1. The maximum absolute atomic E-state index is 11.8. The van der Waals surface area contributed by atoms with Crippen LogP contribution in [0.5, 0.6) is 0 Å². The van der Waals surface area contributed by atoms with Crippen LogP contribution in [-0.2, 0) is 4.79 Å². The molecule has 1 saturated carbocycles. The van der Waals surface area contributed by atoms with Crippen molar-refractivity contribution in [1.82, 2.24) is 0 Å². The van der Waals surface area contributed by atoms with Crippen molar-refractivity contribution in [2.45, 2.75) is 38.2 Å². The molecule has 1 N–H and O–H groups in total. The number of carbonyl (C=O) groups is 1. The van der Waals surface area contributed by atoms with Gasteiger partial charge in [0.05, 0.1) is 0 Å².